The molecule has 1 amide bonds. The molecular weight excluding hydrogens is 304 g/mol. The number of aromatic nitrogens is 5. The first-order valence-corrected chi connectivity index (χ1v) is 7.69. The fraction of sp³-hybridized carbons (Fsp3) is 0.176. The van der Waals surface area contributed by atoms with E-state index < -0.39 is 0 Å². The molecule has 1 aliphatic carbocycles. The third kappa shape index (κ3) is 2.50. The highest BCUT2D eigenvalue weighted by atomic mass is 16.1. The molecule has 7 heteroatoms. The van der Waals surface area contributed by atoms with Crippen LogP contribution in [0.3, 0.4) is 0 Å². The van der Waals surface area contributed by atoms with Gasteiger partial charge in [0.25, 0.3) is 5.91 Å². The Morgan fingerprint density at radius 1 is 1.33 bits per heavy atom. The maximum atomic E-state index is 12.6. The Hall–Kier alpha value is -3.22. The lowest BCUT2D eigenvalue weighted by Gasteiger charge is -2.19. The van der Waals surface area contributed by atoms with Crippen LogP contribution >= 0.6 is 0 Å². The van der Waals surface area contributed by atoms with E-state index in [0.29, 0.717) is 17.0 Å². The highest BCUT2D eigenvalue weighted by Gasteiger charge is 2.19. The summed E-state index contributed by atoms with van der Waals surface area (Å²) in [5.74, 6) is 0.400. The van der Waals surface area contributed by atoms with Gasteiger partial charge in [-0.05, 0) is 19.4 Å². The maximum Gasteiger partial charge on any atom is 0.262 e. The zero-order chi connectivity index (χ0) is 16.5. The molecule has 120 valence electrons. The lowest BCUT2D eigenvalue weighted by molar-refractivity contribution is 0.102. The molecule has 7 nitrogen and oxygen atoms in total. The summed E-state index contributed by atoms with van der Waals surface area (Å²) in [6.07, 6.45) is 13.7. The van der Waals surface area contributed by atoms with Gasteiger partial charge in [0.2, 0.25) is 0 Å². The molecular formula is C17H16N6O. The lowest BCUT2D eigenvalue weighted by atomic mass is 10.0. The van der Waals surface area contributed by atoms with Gasteiger partial charge >= 0.3 is 0 Å². The van der Waals surface area contributed by atoms with E-state index in [4.69, 9.17) is 0 Å². The summed E-state index contributed by atoms with van der Waals surface area (Å²) < 4.78 is 3.40. The van der Waals surface area contributed by atoms with Crippen molar-refractivity contribution in [3.63, 3.8) is 0 Å². The number of rotatable bonds is 3. The van der Waals surface area contributed by atoms with Gasteiger partial charge in [-0.2, -0.15) is 10.2 Å². The Kier molecular flexibility index (Phi) is 3.45. The van der Waals surface area contributed by atoms with E-state index in [0.717, 1.165) is 6.42 Å². The average Bonchev–Trinajstić information content (AvgIpc) is 3.21. The standard InChI is InChI=1S/C17H16N6O/c1-12-4-2-5-13(10-12)23-15(6-8-19-23)21-17(24)14-11-20-22-9-3-7-18-16(14)22/h2-9,11,13H,10H2,1H3,(H,21,24). The predicted molar refractivity (Wildman–Crippen MR) is 89.7 cm³/mol. The minimum Gasteiger partial charge on any atom is -0.307 e. The van der Waals surface area contributed by atoms with Gasteiger partial charge in [0.15, 0.2) is 5.65 Å². The molecule has 24 heavy (non-hydrogen) atoms. The van der Waals surface area contributed by atoms with Crippen molar-refractivity contribution in [2.75, 3.05) is 5.32 Å². The van der Waals surface area contributed by atoms with Crippen molar-refractivity contribution in [2.24, 2.45) is 0 Å². The van der Waals surface area contributed by atoms with Crippen LogP contribution in [0.4, 0.5) is 5.82 Å². The minimum atomic E-state index is -0.252. The van der Waals surface area contributed by atoms with Crippen LogP contribution in [0.15, 0.2) is 60.7 Å². The quantitative estimate of drug-likeness (QED) is 0.805. The van der Waals surface area contributed by atoms with Crippen LogP contribution in [0, 0.1) is 0 Å². The first-order valence-electron chi connectivity index (χ1n) is 7.69. The van der Waals surface area contributed by atoms with Crippen molar-refractivity contribution in [1.29, 1.82) is 0 Å². The molecule has 0 radical (unpaired) electrons. The Morgan fingerprint density at radius 3 is 3.12 bits per heavy atom. The molecule has 1 N–H and O–H groups in total. The molecule has 0 aromatic carbocycles. The number of nitrogens with one attached hydrogen (secondary N) is 1. The molecule has 4 rings (SSSR count). The SMILES string of the molecule is CC1=CC=CC(n2nccc2NC(=O)c2cnn3cccnc23)C1. The highest BCUT2D eigenvalue weighted by Crippen LogP contribution is 2.26. The average molecular weight is 320 g/mol. The Bertz CT molecular complexity index is 964. The normalized spacial score (nSPS) is 17.0. The van der Waals surface area contributed by atoms with E-state index in [1.165, 1.54) is 11.8 Å². The topological polar surface area (TPSA) is 77.1 Å². The minimum absolute atomic E-state index is 0.0994. The summed E-state index contributed by atoms with van der Waals surface area (Å²) in [7, 11) is 0. The van der Waals surface area contributed by atoms with E-state index in [-0.39, 0.29) is 11.9 Å². The number of carbonyl (C=O) groups is 1. The van der Waals surface area contributed by atoms with Gasteiger partial charge in [-0.1, -0.05) is 23.8 Å². The zero-order valence-electron chi connectivity index (χ0n) is 13.1. The molecule has 1 unspecified atom stereocenters. The third-order valence-electron chi connectivity index (χ3n) is 4.00. The Morgan fingerprint density at radius 2 is 2.25 bits per heavy atom. The van der Waals surface area contributed by atoms with Crippen LogP contribution < -0.4 is 5.32 Å². The molecule has 1 aliphatic rings. The first kappa shape index (κ1) is 14.4. The number of amides is 1. The molecule has 0 bridgehead atoms. The van der Waals surface area contributed by atoms with E-state index in [2.05, 4.69) is 39.6 Å². The largest absolute Gasteiger partial charge is 0.307 e. The van der Waals surface area contributed by atoms with Crippen molar-refractivity contribution in [3.8, 4) is 0 Å². The summed E-state index contributed by atoms with van der Waals surface area (Å²) >= 11 is 0. The Labute approximate surface area is 138 Å². The van der Waals surface area contributed by atoms with Crippen molar-refractivity contribution in [3.05, 3.63) is 66.3 Å². The number of anilines is 1. The van der Waals surface area contributed by atoms with Crippen molar-refractivity contribution >= 4 is 17.4 Å². The summed E-state index contributed by atoms with van der Waals surface area (Å²) in [6.45, 7) is 2.09. The molecule has 0 aliphatic heterocycles. The number of fused-ring (bicyclic) bond motifs is 1. The van der Waals surface area contributed by atoms with Gasteiger partial charge in [-0.3, -0.25) is 4.79 Å². The van der Waals surface area contributed by atoms with Gasteiger partial charge in [0, 0.05) is 18.5 Å². The van der Waals surface area contributed by atoms with Crippen LogP contribution in [0.1, 0.15) is 29.7 Å². The molecule has 3 heterocycles. The molecule has 3 aromatic rings. The van der Waals surface area contributed by atoms with Crippen LogP contribution in [-0.2, 0) is 0 Å². The number of allylic oxidation sites excluding steroid dienone is 4. The van der Waals surface area contributed by atoms with Gasteiger partial charge in [-0.15, -0.1) is 0 Å². The van der Waals surface area contributed by atoms with E-state index in [1.807, 2.05) is 10.8 Å². The Balaban J connectivity index is 1.60. The van der Waals surface area contributed by atoms with Crippen LogP contribution in [-0.4, -0.2) is 30.3 Å². The van der Waals surface area contributed by atoms with Crippen molar-refractivity contribution in [1.82, 2.24) is 24.4 Å². The molecule has 0 spiro atoms. The second-order valence-corrected chi connectivity index (χ2v) is 5.73. The highest BCUT2D eigenvalue weighted by molar-refractivity contribution is 6.07. The number of hydrogen-bond acceptors (Lipinski definition) is 4. The van der Waals surface area contributed by atoms with Gasteiger partial charge in [0.1, 0.15) is 11.4 Å². The third-order valence-corrected chi connectivity index (χ3v) is 4.00. The van der Waals surface area contributed by atoms with Gasteiger partial charge < -0.3 is 5.32 Å². The number of carbonyl (C=O) groups excluding carboxylic acids is 1. The lowest BCUT2D eigenvalue weighted by Crippen LogP contribution is -2.19. The fourth-order valence-electron chi connectivity index (χ4n) is 2.83. The maximum absolute atomic E-state index is 12.6. The molecule has 3 aromatic heterocycles. The molecule has 0 saturated carbocycles. The van der Waals surface area contributed by atoms with Crippen LogP contribution in [0.25, 0.3) is 5.65 Å². The van der Waals surface area contributed by atoms with E-state index in [9.17, 15) is 4.79 Å². The van der Waals surface area contributed by atoms with E-state index in [1.54, 1.807) is 35.2 Å². The number of hydrogen-bond donors (Lipinski definition) is 1. The molecule has 1 atom stereocenters. The van der Waals surface area contributed by atoms with Crippen LogP contribution in [0.5, 0.6) is 0 Å². The van der Waals surface area contributed by atoms with Crippen LogP contribution in [0.2, 0.25) is 0 Å². The smallest absolute Gasteiger partial charge is 0.262 e. The fourth-order valence-corrected chi connectivity index (χ4v) is 2.83. The van der Waals surface area contributed by atoms with Gasteiger partial charge in [0.05, 0.1) is 18.4 Å². The van der Waals surface area contributed by atoms with Gasteiger partial charge in [-0.25, -0.2) is 14.2 Å². The summed E-state index contributed by atoms with van der Waals surface area (Å²) in [5, 5.41) is 11.4. The predicted octanol–water partition coefficient (Wildman–Crippen LogP) is 2.63. The monoisotopic (exact) mass is 320 g/mol. The van der Waals surface area contributed by atoms with Crippen molar-refractivity contribution < 1.29 is 4.79 Å². The second kappa shape index (κ2) is 5.77. The number of nitrogens with zero attached hydrogens (tertiary/aromatic N) is 5. The summed E-state index contributed by atoms with van der Waals surface area (Å²) in [6, 6.07) is 3.66. The first-order chi connectivity index (χ1) is 11.7. The summed E-state index contributed by atoms with van der Waals surface area (Å²) in [4.78, 5) is 16.8. The second-order valence-electron chi connectivity index (χ2n) is 5.73. The molecule has 0 saturated heterocycles. The van der Waals surface area contributed by atoms with Crippen molar-refractivity contribution in [2.45, 2.75) is 19.4 Å². The van der Waals surface area contributed by atoms with E-state index >= 15 is 0 Å². The zero-order valence-corrected chi connectivity index (χ0v) is 13.1. The summed E-state index contributed by atoms with van der Waals surface area (Å²) in [5.41, 5.74) is 2.23. The molecule has 0 fully saturated rings.